The minimum Gasteiger partial charge on any atom is -0.325 e. The van der Waals surface area contributed by atoms with Crippen LogP contribution >= 0.6 is 0 Å². The number of hydrogen-bond acceptors (Lipinski definition) is 1. The summed E-state index contributed by atoms with van der Waals surface area (Å²) in [6, 6.07) is 3.11. The molecule has 0 heterocycles. The minimum absolute atomic E-state index is 0.0379. The summed E-state index contributed by atoms with van der Waals surface area (Å²) in [7, 11) is 0. The quantitative estimate of drug-likeness (QED) is 0.811. The molecule has 1 amide bonds. The van der Waals surface area contributed by atoms with E-state index in [-0.39, 0.29) is 5.69 Å². The summed E-state index contributed by atoms with van der Waals surface area (Å²) in [4.78, 5) is 11.4. The summed E-state index contributed by atoms with van der Waals surface area (Å²) in [5.74, 6) is -6.19. The predicted molar refractivity (Wildman–Crippen MR) is 64.9 cm³/mol. The molecule has 0 atom stereocenters. The first kappa shape index (κ1) is 17.3. The predicted octanol–water partition coefficient (Wildman–Crippen LogP) is 4.29. The fourth-order valence-corrected chi connectivity index (χ4v) is 2.06. The number of rotatable bonds is 2. The van der Waals surface area contributed by atoms with Crippen molar-refractivity contribution in [1.29, 1.82) is 0 Å². The van der Waals surface area contributed by atoms with Crippen molar-refractivity contribution in [3.8, 4) is 0 Å². The maximum atomic E-state index is 12.5. The SMILES string of the molecule is Cc1cc(C)c(NC(=O)C(C(F)(F)F)C(F)(F)F)c(C)c1. The summed E-state index contributed by atoms with van der Waals surface area (Å²) >= 11 is 0. The van der Waals surface area contributed by atoms with Crippen LogP contribution in [-0.4, -0.2) is 18.3 Å². The van der Waals surface area contributed by atoms with Gasteiger partial charge in [0.2, 0.25) is 11.8 Å². The molecular formula is C13H13F6NO. The molecule has 2 nitrogen and oxygen atoms in total. The van der Waals surface area contributed by atoms with E-state index in [9.17, 15) is 31.1 Å². The van der Waals surface area contributed by atoms with Crippen LogP contribution in [0.25, 0.3) is 0 Å². The van der Waals surface area contributed by atoms with Gasteiger partial charge < -0.3 is 5.32 Å². The van der Waals surface area contributed by atoms with Gasteiger partial charge in [-0.2, -0.15) is 26.3 Å². The highest BCUT2D eigenvalue weighted by atomic mass is 19.4. The molecule has 0 radical (unpaired) electrons. The molecule has 1 aromatic rings. The molecule has 0 saturated carbocycles. The van der Waals surface area contributed by atoms with Gasteiger partial charge >= 0.3 is 12.4 Å². The van der Waals surface area contributed by atoms with Gasteiger partial charge in [-0.3, -0.25) is 4.79 Å². The van der Waals surface area contributed by atoms with E-state index in [1.54, 1.807) is 24.4 Å². The van der Waals surface area contributed by atoms with Gasteiger partial charge in [0.25, 0.3) is 0 Å². The Morgan fingerprint density at radius 1 is 0.952 bits per heavy atom. The summed E-state index contributed by atoms with van der Waals surface area (Å²) in [5.41, 5.74) is 1.53. The van der Waals surface area contributed by atoms with Crippen molar-refractivity contribution in [2.24, 2.45) is 5.92 Å². The number of aryl methyl sites for hydroxylation is 3. The Kier molecular flexibility index (Phi) is 4.60. The lowest BCUT2D eigenvalue weighted by molar-refractivity contribution is -0.272. The highest BCUT2D eigenvalue weighted by molar-refractivity contribution is 5.95. The van der Waals surface area contributed by atoms with Gasteiger partial charge in [0.05, 0.1) is 0 Å². The Hall–Kier alpha value is -1.73. The molecule has 0 fully saturated rings. The zero-order chi connectivity index (χ0) is 16.6. The molecule has 1 aromatic carbocycles. The van der Waals surface area contributed by atoms with Crippen molar-refractivity contribution in [1.82, 2.24) is 0 Å². The summed E-state index contributed by atoms with van der Waals surface area (Å²) < 4.78 is 74.7. The second-order valence-corrected chi connectivity index (χ2v) is 4.78. The normalized spacial score (nSPS) is 12.7. The van der Waals surface area contributed by atoms with Gasteiger partial charge in [-0.15, -0.1) is 0 Å². The zero-order valence-electron chi connectivity index (χ0n) is 11.4. The number of carbonyl (C=O) groups excluding carboxylic acids is 1. The molecule has 0 saturated heterocycles. The van der Waals surface area contributed by atoms with E-state index in [1.165, 1.54) is 13.8 Å². The third-order valence-electron chi connectivity index (χ3n) is 2.84. The van der Waals surface area contributed by atoms with Crippen molar-refractivity contribution in [3.63, 3.8) is 0 Å². The van der Waals surface area contributed by atoms with Gasteiger partial charge in [0.15, 0.2) is 0 Å². The number of alkyl halides is 6. The molecule has 0 aromatic heterocycles. The summed E-state index contributed by atoms with van der Waals surface area (Å²) in [6.07, 6.45) is -11.4. The van der Waals surface area contributed by atoms with Gasteiger partial charge in [0.1, 0.15) is 0 Å². The standard InChI is InChI=1S/C13H13F6NO/c1-6-4-7(2)9(8(3)5-6)20-11(21)10(12(14,15)16)13(17,18)19/h4-5,10H,1-3H3,(H,20,21). The molecule has 118 valence electrons. The second kappa shape index (κ2) is 5.57. The Morgan fingerprint density at radius 3 is 1.67 bits per heavy atom. The number of benzene rings is 1. The highest BCUT2D eigenvalue weighted by Gasteiger charge is 2.61. The fraction of sp³-hybridized carbons (Fsp3) is 0.462. The topological polar surface area (TPSA) is 29.1 Å². The first-order valence-corrected chi connectivity index (χ1v) is 5.86. The second-order valence-electron chi connectivity index (χ2n) is 4.78. The lowest BCUT2D eigenvalue weighted by Gasteiger charge is -2.23. The van der Waals surface area contributed by atoms with Crippen LogP contribution in [0.2, 0.25) is 0 Å². The highest BCUT2D eigenvalue weighted by Crippen LogP contribution is 2.40. The Bertz CT molecular complexity index is 510. The van der Waals surface area contributed by atoms with Gasteiger partial charge in [-0.1, -0.05) is 17.7 Å². The number of amides is 1. The molecule has 0 aliphatic carbocycles. The van der Waals surface area contributed by atoms with Crippen molar-refractivity contribution >= 4 is 11.6 Å². The van der Waals surface area contributed by atoms with E-state index in [2.05, 4.69) is 0 Å². The molecule has 1 N–H and O–H groups in total. The first-order chi connectivity index (χ1) is 9.34. The molecule has 0 aliphatic rings. The Morgan fingerprint density at radius 2 is 1.33 bits per heavy atom. The van der Waals surface area contributed by atoms with E-state index >= 15 is 0 Å². The molecule has 8 heteroatoms. The van der Waals surface area contributed by atoms with Crippen LogP contribution in [0.1, 0.15) is 16.7 Å². The fourth-order valence-electron chi connectivity index (χ4n) is 2.06. The van der Waals surface area contributed by atoms with Gasteiger partial charge in [-0.25, -0.2) is 0 Å². The van der Waals surface area contributed by atoms with E-state index in [4.69, 9.17) is 0 Å². The van der Waals surface area contributed by atoms with Gasteiger partial charge in [0, 0.05) is 5.69 Å². The van der Waals surface area contributed by atoms with Crippen LogP contribution in [0.5, 0.6) is 0 Å². The Labute approximate surface area is 117 Å². The number of hydrogen-bond donors (Lipinski definition) is 1. The lowest BCUT2D eigenvalue weighted by atomic mass is 10.0. The average molecular weight is 313 g/mol. The van der Waals surface area contributed by atoms with Crippen LogP contribution in [0.15, 0.2) is 12.1 Å². The van der Waals surface area contributed by atoms with Crippen molar-refractivity contribution < 1.29 is 31.1 Å². The molecule has 1 rings (SSSR count). The minimum atomic E-state index is -5.70. The molecule has 0 spiro atoms. The van der Waals surface area contributed by atoms with Crippen LogP contribution in [0.4, 0.5) is 32.0 Å². The van der Waals surface area contributed by atoms with Crippen LogP contribution < -0.4 is 5.32 Å². The van der Waals surface area contributed by atoms with Crippen molar-refractivity contribution in [2.75, 3.05) is 5.32 Å². The number of nitrogens with one attached hydrogen (secondary N) is 1. The molecular weight excluding hydrogens is 300 g/mol. The number of carbonyl (C=O) groups is 1. The lowest BCUT2D eigenvalue weighted by Crippen LogP contribution is -2.45. The summed E-state index contributed by atoms with van der Waals surface area (Å²) in [6.45, 7) is 4.71. The van der Waals surface area contributed by atoms with Crippen LogP contribution in [0, 0.1) is 26.7 Å². The van der Waals surface area contributed by atoms with Crippen molar-refractivity contribution in [3.05, 3.63) is 28.8 Å². The van der Waals surface area contributed by atoms with Crippen molar-refractivity contribution in [2.45, 2.75) is 33.1 Å². The van der Waals surface area contributed by atoms with E-state index in [0.29, 0.717) is 11.1 Å². The van der Waals surface area contributed by atoms with Gasteiger partial charge in [-0.05, 0) is 31.9 Å². The first-order valence-electron chi connectivity index (χ1n) is 5.86. The molecule has 0 unspecified atom stereocenters. The maximum Gasteiger partial charge on any atom is 0.409 e. The summed E-state index contributed by atoms with van der Waals surface area (Å²) in [5, 5.41) is 1.74. The van der Waals surface area contributed by atoms with E-state index in [1.807, 2.05) is 0 Å². The molecule has 21 heavy (non-hydrogen) atoms. The van der Waals surface area contributed by atoms with Crippen LogP contribution in [0.3, 0.4) is 0 Å². The largest absolute Gasteiger partial charge is 0.409 e. The smallest absolute Gasteiger partial charge is 0.325 e. The molecule has 0 bridgehead atoms. The Balaban J connectivity index is 3.15. The maximum absolute atomic E-state index is 12.5. The average Bonchev–Trinajstić information content (AvgIpc) is 2.18. The van der Waals surface area contributed by atoms with Crippen LogP contribution in [-0.2, 0) is 4.79 Å². The number of anilines is 1. The third kappa shape index (κ3) is 4.12. The number of halogens is 6. The zero-order valence-corrected chi connectivity index (χ0v) is 11.4. The third-order valence-corrected chi connectivity index (χ3v) is 2.84. The monoisotopic (exact) mass is 313 g/mol. The van der Waals surface area contributed by atoms with E-state index in [0.717, 1.165) is 5.56 Å². The molecule has 0 aliphatic heterocycles. The van der Waals surface area contributed by atoms with E-state index < -0.39 is 24.2 Å².